The van der Waals surface area contributed by atoms with Crippen LogP contribution in [0.25, 0.3) is 0 Å². The van der Waals surface area contributed by atoms with Crippen LogP contribution in [-0.2, 0) is 4.79 Å². The average Bonchev–Trinajstić information content (AvgIpc) is 2.64. The smallest absolute Gasteiger partial charge is 0.260 e. The number of rotatable bonds is 5. The Bertz CT molecular complexity index is 620. The summed E-state index contributed by atoms with van der Waals surface area (Å²) in [6.45, 7) is 7.34. The topological polar surface area (TPSA) is 32.8 Å². The molecule has 1 aromatic carbocycles. The number of hydrogen-bond donors (Lipinski definition) is 0. The van der Waals surface area contributed by atoms with Gasteiger partial charge < -0.3 is 14.5 Å². The van der Waals surface area contributed by atoms with Crippen LogP contribution in [0, 0.1) is 17.7 Å². The molecule has 4 nitrogen and oxygen atoms in total. The lowest BCUT2D eigenvalue weighted by atomic mass is 9.94. The van der Waals surface area contributed by atoms with Crippen molar-refractivity contribution in [2.75, 3.05) is 39.3 Å². The number of carbonyl (C=O) groups is 1. The number of nitrogens with zero attached hydrogens (tertiary/aromatic N) is 2. The number of halogens is 2. The molecule has 0 saturated carbocycles. The van der Waals surface area contributed by atoms with Gasteiger partial charge in [-0.1, -0.05) is 18.5 Å². The van der Waals surface area contributed by atoms with Gasteiger partial charge in [-0.05, 0) is 62.7 Å². The summed E-state index contributed by atoms with van der Waals surface area (Å²) in [7, 11) is 0. The number of carbonyl (C=O) groups excluding carboxylic acids is 1. The summed E-state index contributed by atoms with van der Waals surface area (Å²) in [6.07, 6.45) is 4.79. The lowest BCUT2D eigenvalue weighted by Gasteiger charge is -2.37. The summed E-state index contributed by atoms with van der Waals surface area (Å²) in [6, 6.07) is 4.14. The standard InChI is InChI=1S/C20H28ClFN2O2/c1-15-6-9-23(10-7-15)12-16-3-2-8-24(13-16)20(25)14-26-17-4-5-19(22)18(21)11-17/h4-5,11,15-16H,2-3,6-10,12-14H2,1H3. The molecule has 0 radical (unpaired) electrons. The van der Waals surface area contributed by atoms with Crippen molar-refractivity contribution in [3.8, 4) is 5.75 Å². The fourth-order valence-electron chi connectivity index (χ4n) is 3.85. The van der Waals surface area contributed by atoms with Crippen LogP contribution in [0.1, 0.15) is 32.6 Å². The first-order valence-electron chi connectivity index (χ1n) is 9.59. The van der Waals surface area contributed by atoms with Crippen molar-refractivity contribution in [2.45, 2.75) is 32.6 Å². The highest BCUT2D eigenvalue weighted by molar-refractivity contribution is 6.30. The summed E-state index contributed by atoms with van der Waals surface area (Å²) in [4.78, 5) is 16.9. The van der Waals surface area contributed by atoms with Gasteiger partial charge in [0.05, 0.1) is 5.02 Å². The molecule has 0 aliphatic carbocycles. The molecule has 3 rings (SSSR count). The minimum atomic E-state index is -0.490. The van der Waals surface area contributed by atoms with Gasteiger partial charge in [-0.3, -0.25) is 4.79 Å². The third-order valence-corrected chi connectivity index (χ3v) is 5.81. The highest BCUT2D eigenvalue weighted by Gasteiger charge is 2.26. The fourth-order valence-corrected chi connectivity index (χ4v) is 4.02. The zero-order valence-corrected chi connectivity index (χ0v) is 16.2. The van der Waals surface area contributed by atoms with Gasteiger partial charge in [0, 0.05) is 25.7 Å². The number of benzene rings is 1. The average molecular weight is 383 g/mol. The molecule has 0 spiro atoms. The van der Waals surface area contributed by atoms with Crippen LogP contribution in [0.4, 0.5) is 4.39 Å². The van der Waals surface area contributed by atoms with Crippen LogP contribution >= 0.6 is 11.6 Å². The summed E-state index contributed by atoms with van der Waals surface area (Å²) in [5, 5.41) is 0.00355. The second-order valence-corrected chi connectivity index (χ2v) is 8.10. The molecule has 0 N–H and O–H groups in total. The number of amides is 1. The maximum atomic E-state index is 13.2. The van der Waals surface area contributed by atoms with Gasteiger partial charge in [-0.25, -0.2) is 4.39 Å². The van der Waals surface area contributed by atoms with E-state index >= 15 is 0 Å². The van der Waals surface area contributed by atoms with Gasteiger partial charge in [0.2, 0.25) is 0 Å². The second-order valence-electron chi connectivity index (χ2n) is 7.70. The van der Waals surface area contributed by atoms with E-state index in [9.17, 15) is 9.18 Å². The second kappa shape index (κ2) is 9.05. The number of hydrogen-bond acceptors (Lipinski definition) is 3. The van der Waals surface area contributed by atoms with Crippen molar-refractivity contribution >= 4 is 17.5 Å². The normalized spacial score (nSPS) is 22.4. The Labute approximate surface area is 160 Å². The molecule has 2 fully saturated rings. The Kier molecular flexibility index (Phi) is 6.76. The molecule has 6 heteroatoms. The Morgan fingerprint density at radius 1 is 1.27 bits per heavy atom. The predicted molar refractivity (Wildman–Crippen MR) is 101 cm³/mol. The number of likely N-dealkylation sites (tertiary alicyclic amines) is 2. The van der Waals surface area contributed by atoms with Crippen molar-refractivity contribution in [3.05, 3.63) is 29.0 Å². The molecular weight excluding hydrogens is 355 g/mol. The van der Waals surface area contributed by atoms with E-state index in [1.165, 1.54) is 50.6 Å². The molecule has 0 aromatic heterocycles. The van der Waals surface area contributed by atoms with E-state index in [1.54, 1.807) is 0 Å². The lowest BCUT2D eigenvalue weighted by Crippen LogP contribution is -2.46. The molecule has 2 saturated heterocycles. The van der Waals surface area contributed by atoms with E-state index < -0.39 is 5.82 Å². The summed E-state index contributed by atoms with van der Waals surface area (Å²) >= 11 is 5.74. The molecule has 2 heterocycles. The zero-order valence-electron chi connectivity index (χ0n) is 15.4. The Morgan fingerprint density at radius 3 is 2.77 bits per heavy atom. The highest BCUT2D eigenvalue weighted by atomic mass is 35.5. The monoisotopic (exact) mass is 382 g/mol. The molecular formula is C20H28ClFN2O2. The summed E-state index contributed by atoms with van der Waals surface area (Å²) in [5.74, 6) is 1.30. The zero-order chi connectivity index (χ0) is 18.5. The lowest BCUT2D eigenvalue weighted by molar-refractivity contribution is -0.135. The third-order valence-electron chi connectivity index (χ3n) is 5.52. The summed E-state index contributed by atoms with van der Waals surface area (Å²) in [5.41, 5.74) is 0. The Hall–Kier alpha value is -1.33. The molecule has 144 valence electrons. The molecule has 1 amide bonds. The number of piperidine rings is 2. The third kappa shape index (κ3) is 5.34. The van der Waals surface area contributed by atoms with E-state index in [-0.39, 0.29) is 17.5 Å². The molecule has 1 unspecified atom stereocenters. The first-order chi connectivity index (χ1) is 12.5. The van der Waals surface area contributed by atoms with E-state index in [4.69, 9.17) is 16.3 Å². The van der Waals surface area contributed by atoms with Crippen molar-refractivity contribution in [1.29, 1.82) is 0 Å². The van der Waals surface area contributed by atoms with Crippen molar-refractivity contribution in [1.82, 2.24) is 9.80 Å². The Balaban J connectivity index is 1.45. The highest BCUT2D eigenvalue weighted by Crippen LogP contribution is 2.23. The van der Waals surface area contributed by atoms with Gasteiger partial charge in [-0.2, -0.15) is 0 Å². The van der Waals surface area contributed by atoms with E-state index in [2.05, 4.69) is 11.8 Å². The van der Waals surface area contributed by atoms with E-state index in [0.29, 0.717) is 11.7 Å². The minimum Gasteiger partial charge on any atom is -0.484 e. The van der Waals surface area contributed by atoms with Crippen LogP contribution in [0.2, 0.25) is 5.02 Å². The van der Waals surface area contributed by atoms with Gasteiger partial charge in [0.15, 0.2) is 6.61 Å². The first-order valence-corrected chi connectivity index (χ1v) is 9.97. The number of ether oxygens (including phenoxy) is 1. The Morgan fingerprint density at radius 2 is 2.04 bits per heavy atom. The van der Waals surface area contributed by atoms with Gasteiger partial charge in [0.25, 0.3) is 5.91 Å². The maximum Gasteiger partial charge on any atom is 0.260 e. The maximum absolute atomic E-state index is 13.2. The van der Waals surface area contributed by atoms with Crippen LogP contribution in [-0.4, -0.2) is 55.0 Å². The first kappa shape index (κ1) is 19.4. The van der Waals surface area contributed by atoms with Gasteiger partial charge >= 0.3 is 0 Å². The molecule has 1 aromatic rings. The fraction of sp³-hybridized carbons (Fsp3) is 0.650. The van der Waals surface area contributed by atoms with Gasteiger partial charge in [0.1, 0.15) is 11.6 Å². The molecule has 0 bridgehead atoms. The predicted octanol–water partition coefficient (Wildman–Crippen LogP) is 3.83. The molecule has 1 atom stereocenters. The SMILES string of the molecule is CC1CCN(CC2CCCN(C(=O)COc3ccc(F)c(Cl)c3)C2)CC1. The molecule has 26 heavy (non-hydrogen) atoms. The summed E-state index contributed by atoms with van der Waals surface area (Å²) < 4.78 is 18.7. The van der Waals surface area contributed by atoms with Crippen molar-refractivity contribution in [3.63, 3.8) is 0 Å². The van der Waals surface area contributed by atoms with Crippen LogP contribution in [0.15, 0.2) is 18.2 Å². The van der Waals surface area contributed by atoms with Crippen molar-refractivity contribution < 1.29 is 13.9 Å². The van der Waals surface area contributed by atoms with Crippen LogP contribution < -0.4 is 4.74 Å². The van der Waals surface area contributed by atoms with Gasteiger partial charge in [-0.15, -0.1) is 0 Å². The molecule has 2 aliphatic heterocycles. The molecule has 2 aliphatic rings. The minimum absolute atomic E-state index is 0.00355. The largest absolute Gasteiger partial charge is 0.484 e. The van der Waals surface area contributed by atoms with Crippen LogP contribution in [0.3, 0.4) is 0 Å². The van der Waals surface area contributed by atoms with E-state index in [0.717, 1.165) is 32.0 Å². The van der Waals surface area contributed by atoms with Crippen molar-refractivity contribution in [2.24, 2.45) is 11.8 Å². The van der Waals surface area contributed by atoms with E-state index in [1.807, 2.05) is 4.90 Å². The quantitative estimate of drug-likeness (QED) is 0.775. The van der Waals surface area contributed by atoms with Crippen LogP contribution in [0.5, 0.6) is 5.75 Å².